The first-order chi connectivity index (χ1) is 17.8. The maximum Gasteiger partial charge on any atom is 0.433 e. The van der Waals surface area contributed by atoms with Gasteiger partial charge >= 0.3 is 11.8 Å². The van der Waals surface area contributed by atoms with Crippen molar-refractivity contribution in [3.05, 3.63) is 98.5 Å². The van der Waals surface area contributed by atoms with Crippen LogP contribution in [0.4, 0.5) is 23.1 Å². The predicted octanol–water partition coefficient (Wildman–Crippen LogP) is 4.74. The van der Waals surface area contributed by atoms with E-state index in [4.69, 9.17) is 8.83 Å². The van der Waals surface area contributed by atoms with E-state index in [1.807, 2.05) is 0 Å². The SMILES string of the molecule is O=C(Nc1ccc(-c2nc3ccc(NC(=O)c4ccc([N+](=O)[O-])o4)cc3[nH]2)cc1)c1ccc([N+](=O)[O-])o1. The fourth-order valence-corrected chi connectivity index (χ4v) is 3.42. The van der Waals surface area contributed by atoms with Gasteiger partial charge in [-0.2, -0.15) is 0 Å². The standard InChI is InChI=1S/C23H14N6O8/c30-22(17-7-9-19(36-17)28(32)33)24-13-3-1-12(2-4-13)21-26-15-6-5-14(11-16(15)27-21)25-23(31)18-8-10-20(37-18)29(34)35/h1-11H,(H,24,30)(H,25,31)(H,26,27). The predicted molar refractivity (Wildman–Crippen MR) is 128 cm³/mol. The van der Waals surface area contributed by atoms with Crippen molar-refractivity contribution in [1.29, 1.82) is 0 Å². The molecule has 5 aromatic rings. The Bertz CT molecular complexity index is 1680. The van der Waals surface area contributed by atoms with E-state index in [2.05, 4.69) is 20.6 Å². The number of hydrogen-bond donors (Lipinski definition) is 3. The molecular formula is C23H14N6O8. The molecule has 0 saturated carbocycles. The van der Waals surface area contributed by atoms with Gasteiger partial charge in [0.15, 0.2) is 11.5 Å². The van der Waals surface area contributed by atoms with Crippen LogP contribution in [0.3, 0.4) is 0 Å². The smallest absolute Gasteiger partial charge is 0.395 e. The molecule has 184 valence electrons. The maximum absolute atomic E-state index is 12.3. The molecule has 3 N–H and O–H groups in total. The fourth-order valence-electron chi connectivity index (χ4n) is 3.42. The Labute approximate surface area is 205 Å². The molecule has 0 fully saturated rings. The summed E-state index contributed by atoms with van der Waals surface area (Å²) in [6.07, 6.45) is 0. The molecular weight excluding hydrogens is 488 g/mol. The highest BCUT2D eigenvalue weighted by atomic mass is 16.7. The molecule has 0 unspecified atom stereocenters. The summed E-state index contributed by atoms with van der Waals surface area (Å²) in [4.78, 5) is 52.2. The lowest BCUT2D eigenvalue weighted by molar-refractivity contribution is -0.402. The van der Waals surface area contributed by atoms with Gasteiger partial charge in [0.2, 0.25) is 0 Å². The third-order valence-electron chi connectivity index (χ3n) is 5.15. The molecule has 0 bridgehead atoms. The second kappa shape index (κ2) is 9.10. The van der Waals surface area contributed by atoms with Gasteiger partial charge in [-0.25, -0.2) is 4.98 Å². The molecule has 0 radical (unpaired) electrons. The van der Waals surface area contributed by atoms with Gasteiger partial charge in [0, 0.05) is 16.9 Å². The maximum atomic E-state index is 12.3. The molecule has 14 nitrogen and oxygen atoms in total. The Morgan fingerprint density at radius 1 is 0.757 bits per heavy atom. The molecule has 0 aliphatic heterocycles. The van der Waals surface area contributed by atoms with E-state index < -0.39 is 33.4 Å². The van der Waals surface area contributed by atoms with Crippen molar-refractivity contribution >= 4 is 46.0 Å². The van der Waals surface area contributed by atoms with Crippen molar-refractivity contribution in [3.8, 4) is 11.4 Å². The minimum absolute atomic E-state index is 0.193. The van der Waals surface area contributed by atoms with Gasteiger partial charge in [-0.3, -0.25) is 29.8 Å². The normalized spacial score (nSPS) is 10.8. The van der Waals surface area contributed by atoms with Gasteiger partial charge < -0.3 is 24.5 Å². The Morgan fingerprint density at radius 2 is 1.30 bits per heavy atom. The monoisotopic (exact) mass is 502 g/mol. The Kier molecular flexibility index (Phi) is 5.65. The van der Waals surface area contributed by atoms with Crippen LogP contribution in [0.1, 0.15) is 21.1 Å². The summed E-state index contributed by atoms with van der Waals surface area (Å²) in [5, 5.41) is 26.6. The summed E-state index contributed by atoms with van der Waals surface area (Å²) in [7, 11) is 0. The number of hydrogen-bond acceptors (Lipinski definition) is 9. The fraction of sp³-hybridized carbons (Fsp3) is 0. The number of H-pyrrole nitrogens is 1. The van der Waals surface area contributed by atoms with Gasteiger partial charge in [0.1, 0.15) is 15.7 Å². The van der Waals surface area contributed by atoms with E-state index in [9.17, 15) is 29.8 Å². The number of imidazole rings is 1. The Balaban J connectivity index is 1.28. The van der Waals surface area contributed by atoms with E-state index in [-0.39, 0.29) is 11.5 Å². The molecule has 0 saturated heterocycles. The van der Waals surface area contributed by atoms with Crippen molar-refractivity contribution in [2.45, 2.75) is 0 Å². The van der Waals surface area contributed by atoms with Gasteiger partial charge in [0.05, 0.1) is 23.2 Å². The highest BCUT2D eigenvalue weighted by molar-refractivity contribution is 6.03. The van der Waals surface area contributed by atoms with Crippen molar-refractivity contribution in [2.24, 2.45) is 0 Å². The summed E-state index contributed by atoms with van der Waals surface area (Å²) < 4.78 is 9.80. The average molecular weight is 502 g/mol. The lowest BCUT2D eigenvalue weighted by atomic mass is 10.2. The Hall–Kier alpha value is -5.79. The number of carbonyl (C=O) groups excluding carboxylic acids is 2. The number of aromatic amines is 1. The molecule has 0 atom stereocenters. The van der Waals surface area contributed by atoms with E-state index in [0.29, 0.717) is 33.8 Å². The van der Waals surface area contributed by atoms with Crippen LogP contribution in [0.2, 0.25) is 0 Å². The minimum Gasteiger partial charge on any atom is -0.395 e. The van der Waals surface area contributed by atoms with Crippen LogP contribution in [0.25, 0.3) is 22.4 Å². The number of carbonyl (C=O) groups is 2. The zero-order valence-corrected chi connectivity index (χ0v) is 18.5. The van der Waals surface area contributed by atoms with Crippen molar-refractivity contribution < 1.29 is 28.3 Å². The number of rotatable bonds is 7. The van der Waals surface area contributed by atoms with Crippen LogP contribution >= 0.6 is 0 Å². The van der Waals surface area contributed by atoms with E-state index in [1.54, 1.807) is 42.5 Å². The molecule has 2 amide bonds. The van der Waals surface area contributed by atoms with Gasteiger partial charge in [-0.1, -0.05) is 0 Å². The Morgan fingerprint density at radius 3 is 1.84 bits per heavy atom. The summed E-state index contributed by atoms with van der Waals surface area (Å²) >= 11 is 0. The second-order valence-electron chi connectivity index (χ2n) is 7.59. The topological polar surface area (TPSA) is 199 Å². The molecule has 2 aromatic carbocycles. The molecule has 3 heterocycles. The number of amides is 2. The minimum atomic E-state index is -0.734. The van der Waals surface area contributed by atoms with Crippen LogP contribution in [0.5, 0.6) is 0 Å². The van der Waals surface area contributed by atoms with Crippen molar-refractivity contribution in [1.82, 2.24) is 9.97 Å². The van der Waals surface area contributed by atoms with Gasteiger partial charge in [-0.15, -0.1) is 0 Å². The largest absolute Gasteiger partial charge is 0.433 e. The average Bonchev–Trinajstić information content (AvgIpc) is 3.63. The molecule has 0 spiro atoms. The lowest BCUT2D eigenvalue weighted by Gasteiger charge is -2.04. The van der Waals surface area contributed by atoms with Crippen LogP contribution in [0.15, 0.2) is 75.6 Å². The molecule has 3 aromatic heterocycles. The molecule has 5 rings (SSSR count). The number of benzene rings is 2. The third-order valence-corrected chi connectivity index (χ3v) is 5.15. The molecule has 0 aliphatic carbocycles. The number of fused-ring (bicyclic) bond motifs is 1. The van der Waals surface area contributed by atoms with Crippen LogP contribution in [0, 0.1) is 20.2 Å². The quantitative estimate of drug-likeness (QED) is 0.208. The number of furan rings is 2. The third kappa shape index (κ3) is 4.74. The van der Waals surface area contributed by atoms with E-state index in [1.165, 1.54) is 12.1 Å². The van der Waals surface area contributed by atoms with E-state index in [0.717, 1.165) is 12.1 Å². The van der Waals surface area contributed by atoms with E-state index >= 15 is 0 Å². The molecule has 14 heteroatoms. The first-order valence-electron chi connectivity index (χ1n) is 10.5. The number of aromatic nitrogens is 2. The first-order valence-corrected chi connectivity index (χ1v) is 10.5. The molecule has 37 heavy (non-hydrogen) atoms. The van der Waals surface area contributed by atoms with Crippen molar-refractivity contribution in [3.63, 3.8) is 0 Å². The number of nitrogens with zero attached hydrogens (tertiary/aromatic N) is 3. The summed E-state index contributed by atoms with van der Waals surface area (Å²) in [6, 6.07) is 16.3. The van der Waals surface area contributed by atoms with Crippen LogP contribution < -0.4 is 10.6 Å². The van der Waals surface area contributed by atoms with Crippen molar-refractivity contribution in [2.75, 3.05) is 10.6 Å². The molecule has 0 aliphatic rings. The number of anilines is 2. The van der Waals surface area contributed by atoms with Gasteiger partial charge in [0.25, 0.3) is 11.8 Å². The summed E-state index contributed by atoms with van der Waals surface area (Å²) in [5.74, 6) is -2.21. The lowest BCUT2D eigenvalue weighted by Crippen LogP contribution is -2.10. The highest BCUT2D eigenvalue weighted by Gasteiger charge is 2.19. The first kappa shape index (κ1) is 23.0. The zero-order valence-electron chi connectivity index (χ0n) is 18.5. The number of nitro groups is 2. The van der Waals surface area contributed by atoms with Gasteiger partial charge in [-0.05, 0) is 54.6 Å². The number of nitrogens with one attached hydrogen (secondary N) is 3. The van der Waals surface area contributed by atoms with Crippen LogP contribution in [-0.2, 0) is 0 Å². The summed E-state index contributed by atoms with van der Waals surface area (Å²) in [6.45, 7) is 0. The summed E-state index contributed by atoms with van der Waals surface area (Å²) in [5.41, 5.74) is 2.81. The second-order valence-corrected chi connectivity index (χ2v) is 7.59. The van der Waals surface area contributed by atoms with Crippen LogP contribution in [-0.4, -0.2) is 31.6 Å². The highest BCUT2D eigenvalue weighted by Crippen LogP contribution is 2.25. The zero-order chi connectivity index (χ0) is 26.1.